The number of hydrogen-bond donors (Lipinski definition) is 1. The fraction of sp³-hybridized carbons (Fsp3) is 0.0588. The fourth-order valence-electron chi connectivity index (χ4n) is 1.92. The molecule has 0 bridgehead atoms. The average Bonchev–Trinajstić information content (AvgIpc) is 2.88. The Labute approximate surface area is 127 Å². The van der Waals surface area contributed by atoms with E-state index in [9.17, 15) is 4.79 Å². The molecule has 0 atom stereocenters. The lowest BCUT2D eigenvalue weighted by Gasteiger charge is -1.96. The van der Waals surface area contributed by atoms with E-state index < -0.39 is 0 Å². The molecule has 3 rings (SSSR count). The molecule has 2 aromatic carbocycles. The Hall–Kier alpha value is -2.46. The predicted molar refractivity (Wildman–Crippen MR) is 88.5 cm³/mol. The number of benzene rings is 2. The van der Waals surface area contributed by atoms with Gasteiger partial charge in [-0.25, -0.2) is 4.98 Å². The van der Waals surface area contributed by atoms with Crippen LogP contribution in [0.2, 0.25) is 0 Å². The van der Waals surface area contributed by atoms with Gasteiger partial charge in [-0.2, -0.15) is 0 Å². The van der Waals surface area contributed by atoms with Crippen LogP contribution in [-0.2, 0) is 4.79 Å². The van der Waals surface area contributed by atoms with E-state index >= 15 is 0 Å². The number of hydrogen-bond acceptors (Lipinski definition) is 3. The minimum atomic E-state index is -0.172. The monoisotopic (exact) mass is 294 g/mol. The van der Waals surface area contributed by atoms with Gasteiger partial charge >= 0.3 is 0 Å². The topological polar surface area (TPSA) is 42.0 Å². The van der Waals surface area contributed by atoms with Crippen molar-refractivity contribution in [3.05, 3.63) is 65.7 Å². The van der Waals surface area contributed by atoms with Gasteiger partial charge < -0.3 is 0 Å². The number of carbonyl (C=O) groups excluding carboxylic acids is 1. The van der Waals surface area contributed by atoms with Gasteiger partial charge in [-0.3, -0.25) is 10.1 Å². The lowest BCUT2D eigenvalue weighted by atomic mass is 10.1. The van der Waals surface area contributed by atoms with Gasteiger partial charge in [0.05, 0.1) is 10.2 Å². The van der Waals surface area contributed by atoms with Crippen LogP contribution in [0.25, 0.3) is 16.3 Å². The third-order valence-electron chi connectivity index (χ3n) is 3.03. The van der Waals surface area contributed by atoms with Gasteiger partial charge in [0.2, 0.25) is 5.91 Å². The molecule has 0 aliphatic heterocycles. The summed E-state index contributed by atoms with van der Waals surface area (Å²) in [6.07, 6.45) is 3.32. The van der Waals surface area contributed by atoms with E-state index in [1.54, 1.807) is 6.08 Å². The predicted octanol–water partition coefficient (Wildman–Crippen LogP) is 4.26. The molecule has 0 fully saturated rings. The van der Waals surface area contributed by atoms with Gasteiger partial charge in [0.15, 0.2) is 5.13 Å². The van der Waals surface area contributed by atoms with E-state index in [2.05, 4.69) is 10.3 Å². The SMILES string of the molecule is Cc1ccc(C=CC(=O)Nc2nc3ccccc3s2)cc1. The fourth-order valence-corrected chi connectivity index (χ4v) is 2.79. The summed E-state index contributed by atoms with van der Waals surface area (Å²) >= 11 is 1.47. The van der Waals surface area contributed by atoms with E-state index in [0.29, 0.717) is 5.13 Å². The van der Waals surface area contributed by atoms with Gasteiger partial charge in [-0.05, 0) is 30.7 Å². The Morgan fingerprint density at radius 1 is 1.14 bits per heavy atom. The van der Waals surface area contributed by atoms with E-state index in [0.717, 1.165) is 15.8 Å². The van der Waals surface area contributed by atoms with Crippen molar-refractivity contribution in [2.24, 2.45) is 0 Å². The number of nitrogens with zero attached hydrogens (tertiary/aromatic N) is 1. The number of nitrogens with one attached hydrogen (secondary N) is 1. The zero-order chi connectivity index (χ0) is 14.7. The van der Waals surface area contributed by atoms with Crippen LogP contribution in [0.1, 0.15) is 11.1 Å². The summed E-state index contributed by atoms with van der Waals surface area (Å²) < 4.78 is 1.07. The molecule has 4 heteroatoms. The Morgan fingerprint density at radius 3 is 2.67 bits per heavy atom. The Bertz CT molecular complexity index is 770. The maximum atomic E-state index is 11.9. The third-order valence-corrected chi connectivity index (χ3v) is 3.98. The zero-order valence-electron chi connectivity index (χ0n) is 11.5. The summed E-state index contributed by atoms with van der Waals surface area (Å²) in [5.74, 6) is -0.172. The van der Waals surface area contributed by atoms with Crippen LogP contribution >= 0.6 is 11.3 Å². The number of anilines is 1. The van der Waals surface area contributed by atoms with Crippen LogP contribution < -0.4 is 5.32 Å². The van der Waals surface area contributed by atoms with Gasteiger partial charge in [-0.15, -0.1) is 0 Å². The van der Waals surface area contributed by atoms with Crippen molar-refractivity contribution in [1.29, 1.82) is 0 Å². The Morgan fingerprint density at radius 2 is 1.90 bits per heavy atom. The van der Waals surface area contributed by atoms with Gasteiger partial charge in [-0.1, -0.05) is 53.3 Å². The highest BCUT2D eigenvalue weighted by atomic mass is 32.1. The second-order valence-electron chi connectivity index (χ2n) is 4.72. The van der Waals surface area contributed by atoms with Gasteiger partial charge in [0, 0.05) is 6.08 Å². The number of carbonyl (C=O) groups is 1. The molecule has 1 amide bonds. The second-order valence-corrected chi connectivity index (χ2v) is 5.75. The van der Waals surface area contributed by atoms with Crippen LogP contribution in [0.5, 0.6) is 0 Å². The number of aryl methyl sites for hydroxylation is 1. The first-order valence-electron chi connectivity index (χ1n) is 6.62. The van der Waals surface area contributed by atoms with Crippen LogP contribution in [-0.4, -0.2) is 10.9 Å². The highest BCUT2D eigenvalue weighted by molar-refractivity contribution is 7.22. The summed E-state index contributed by atoms with van der Waals surface area (Å²) in [5.41, 5.74) is 3.10. The van der Waals surface area contributed by atoms with Crippen LogP contribution in [0.15, 0.2) is 54.6 Å². The molecule has 0 unspecified atom stereocenters. The molecule has 0 spiro atoms. The van der Waals surface area contributed by atoms with Crippen LogP contribution in [0.3, 0.4) is 0 Å². The normalized spacial score (nSPS) is 11.1. The molecule has 21 heavy (non-hydrogen) atoms. The van der Waals surface area contributed by atoms with Crippen molar-refractivity contribution in [3.63, 3.8) is 0 Å². The van der Waals surface area contributed by atoms with Crippen molar-refractivity contribution in [2.75, 3.05) is 5.32 Å². The van der Waals surface area contributed by atoms with Crippen molar-refractivity contribution in [2.45, 2.75) is 6.92 Å². The number of thiazole rings is 1. The van der Waals surface area contributed by atoms with E-state index in [4.69, 9.17) is 0 Å². The molecule has 0 saturated carbocycles. The molecule has 0 aliphatic rings. The number of amides is 1. The summed E-state index contributed by atoms with van der Waals surface area (Å²) in [6, 6.07) is 15.8. The molecule has 1 heterocycles. The largest absolute Gasteiger partial charge is 0.298 e. The number of aromatic nitrogens is 1. The first-order chi connectivity index (χ1) is 10.2. The van der Waals surface area contributed by atoms with Crippen molar-refractivity contribution in [3.8, 4) is 0 Å². The minimum absolute atomic E-state index is 0.172. The molecule has 104 valence electrons. The smallest absolute Gasteiger partial charge is 0.250 e. The summed E-state index contributed by atoms with van der Waals surface area (Å²) in [4.78, 5) is 16.3. The number of para-hydroxylation sites is 1. The summed E-state index contributed by atoms with van der Waals surface area (Å²) in [5, 5.41) is 3.41. The van der Waals surface area contributed by atoms with E-state index in [-0.39, 0.29) is 5.91 Å². The highest BCUT2D eigenvalue weighted by Gasteiger charge is 2.04. The van der Waals surface area contributed by atoms with Gasteiger partial charge in [0.25, 0.3) is 0 Å². The lowest BCUT2D eigenvalue weighted by Crippen LogP contribution is -2.07. The van der Waals surface area contributed by atoms with Crippen molar-refractivity contribution in [1.82, 2.24) is 4.98 Å². The second kappa shape index (κ2) is 5.89. The number of fused-ring (bicyclic) bond motifs is 1. The lowest BCUT2D eigenvalue weighted by molar-refractivity contribution is -0.111. The molecule has 3 nitrogen and oxygen atoms in total. The Balaban J connectivity index is 1.69. The van der Waals surface area contributed by atoms with E-state index in [1.807, 2.05) is 55.5 Å². The maximum absolute atomic E-state index is 11.9. The zero-order valence-corrected chi connectivity index (χ0v) is 12.4. The van der Waals surface area contributed by atoms with E-state index in [1.165, 1.54) is 23.0 Å². The molecule has 3 aromatic rings. The molecule has 1 N–H and O–H groups in total. The minimum Gasteiger partial charge on any atom is -0.298 e. The Kier molecular flexibility index (Phi) is 3.79. The van der Waals surface area contributed by atoms with Crippen molar-refractivity contribution < 1.29 is 4.79 Å². The first kappa shape index (κ1) is 13.5. The van der Waals surface area contributed by atoms with Crippen LogP contribution in [0, 0.1) is 6.92 Å². The molecular weight excluding hydrogens is 280 g/mol. The highest BCUT2D eigenvalue weighted by Crippen LogP contribution is 2.25. The standard InChI is InChI=1S/C17H14N2OS/c1-12-6-8-13(9-7-12)10-11-16(20)19-17-18-14-4-2-3-5-15(14)21-17/h2-11H,1H3,(H,18,19,20). The molecule has 0 aliphatic carbocycles. The molecule has 1 aromatic heterocycles. The third kappa shape index (κ3) is 3.35. The molecule has 0 radical (unpaired) electrons. The summed E-state index contributed by atoms with van der Waals surface area (Å²) in [7, 11) is 0. The molecular formula is C17H14N2OS. The first-order valence-corrected chi connectivity index (χ1v) is 7.44. The summed E-state index contributed by atoms with van der Waals surface area (Å²) in [6.45, 7) is 2.04. The van der Waals surface area contributed by atoms with Gasteiger partial charge in [0.1, 0.15) is 0 Å². The van der Waals surface area contributed by atoms with Crippen LogP contribution in [0.4, 0.5) is 5.13 Å². The van der Waals surface area contributed by atoms with Crippen molar-refractivity contribution >= 4 is 38.7 Å². The quantitative estimate of drug-likeness (QED) is 0.733. The maximum Gasteiger partial charge on any atom is 0.250 e. The molecule has 0 saturated heterocycles. The number of rotatable bonds is 3. The average molecular weight is 294 g/mol.